The van der Waals surface area contributed by atoms with Gasteiger partial charge in [-0.15, -0.1) is 16.4 Å². The fourth-order valence-corrected chi connectivity index (χ4v) is 3.77. The quantitative estimate of drug-likeness (QED) is 0.673. The summed E-state index contributed by atoms with van der Waals surface area (Å²) in [4.78, 5) is 35.3. The molecule has 23 heavy (non-hydrogen) atoms. The van der Waals surface area contributed by atoms with Gasteiger partial charge in [0.2, 0.25) is 5.91 Å². The molecule has 2 amide bonds. The van der Waals surface area contributed by atoms with Crippen LogP contribution in [-0.2, 0) is 4.79 Å². The lowest BCUT2D eigenvalue weighted by Crippen LogP contribution is -2.24. The second-order valence-corrected chi connectivity index (χ2v) is 7.41. The first kappa shape index (κ1) is 15.8. The summed E-state index contributed by atoms with van der Waals surface area (Å²) >= 11 is 2.43. The van der Waals surface area contributed by atoms with E-state index in [0.29, 0.717) is 10.2 Å². The summed E-state index contributed by atoms with van der Waals surface area (Å²) in [6, 6.07) is 1.75. The molecular formula is C13H15N5O3S2. The molecule has 0 aromatic carbocycles. The predicted molar refractivity (Wildman–Crippen MR) is 87.9 cm³/mol. The van der Waals surface area contributed by atoms with E-state index in [2.05, 4.69) is 15.5 Å². The number of nitrogens with two attached hydrogens (primary N) is 1. The number of thioether (sulfide) groups is 1. The molecule has 0 spiro atoms. The van der Waals surface area contributed by atoms with Crippen LogP contribution in [0, 0.1) is 0 Å². The van der Waals surface area contributed by atoms with Crippen molar-refractivity contribution in [3.63, 3.8) is 0 Å². The Kier molecular flexibility index (Phi) is 4.26. The van der Waals surface area contributed by atoms with E-state index < -0.39 is 11.2 Å². The molecular weight excluding hydrogens is 338 g/mol. The van der Waals surface area contributed by atoms with Gasteiger partial charge in [0.15, 0.2) is 5.16 Å². The summed E-state index contributed by atoms with van der Waals surface area (Å²) in [5.41, 5.74) is 5.29. The van der Waals surface area contributed by atoms with Crippen LogP contribution in [-0.4, -0.2) is 31.8 Å². The molecule has 3 rings (SSSR count). The van der Waals surface area contributed by atoms with Crippen LogP contribution in [0.15, 0.2) is 21.4 Å². The maximum absolute atomic E-state index is 12.3. The van der Waals surface area contributed by atoms with Gasteiger partial charge in [-0.3, -0.25) is 14.2 Å². The number of rotatable bonds is 6. The average molecular weight is 353 g/mol. The average Bonchev–Trinajstić information content (AvgIpc) is 3.10. The summed E-state index contributed by atoms with van der Waals surface area (Å²) < 4.78 is 1.59. The number of aromatic nitrogens is 3. The number of H-pyrrole nitrogens is 1. The van der Waals surface area contributed by atoms with Gasteiger partial charge in [0.25, 0.3) is 5.91 Å². The highest BCUT2D eigenvalue weighted by molar-refractivity contribution is 8.00. The number of carbonyl (C=O) groups is 2. The second-order valence-electron chi connectivity index (χ2n) is 5.19. The van der Waals surface area contributed by atoms with Crippen molar-refractivity contribution in [1.29, 1.82) is 0 Å². The lowest BCUT2D eigenvalue weighted by Gasteiger charge is -2.11. The summed E-state index contributed by atoms with van der Waals surface area (Å²) in [5.74, 6) is -0.866. The van der Waals surface area contributed by atoms with Crippen molar-refractivity contribution in [3.05, 3.63) is 27.5 Å². The number of aromatic amines is 1. The minimum Gasteiger partial charge on any atom is -0.366 e. The molecule has 1 atom stereocenters. The summed E-state index contributed by atoms with van der Waals surface area (Å²) in [5, 5.41) is 11.2. The van der Waals surface area contributed by atoms with E-state index in [4.69, 9.17) is 5.73 Å². The van der Waals surface area contributed by atoms with Crippen LogP contribution in [0.3, 0.4) is 0 Å². The Bertz CT molecular complexity index is 805. The van der Waals surface area contributed by atoms with Crippen molar-refractivity contribution in [2.45, 2.75) is 36.2 Å². The summed E-state index contributed by atoms with van der Waals surface area (Å²) in [6.07, 6.45) is 1.90. The van der Waals surface area contributed by atoms with Crippen molar-refractivity contribution >= 4 is 39.9 Å². The fourth-order valence-electron chi connectivity index (χ4n) is 2.05. The first-order valence-electron chi connectivity index (χ1n) is 6.99. The molecule has 1 saturated carbocycles. The Morgan fingerprint density at radius 2 is 2.30 bits per heavy atom. The number of nitrogens with zero attached hydrogens (tertiary/aromatic N) is 2. The minimum absolute atomic E-state index is 0.178. The Morgan fingerprint density at radius 3 is 2.96 bits per heavy atom. The second kappa shape index (κ2) is 6.20. The molecule has 0 aliphatic heterocycles. The number of nitrogens with one attached hydrogen (secondary N) is 2. The van der Waals surface area contributed by atoms with E-state index in [1.165, 1.54) is 23.1 Å². The zero-order valence-electron chi connectivity index (χ0n) is 12.2. The number of hydrogen-bond acceptors (Lipinski definition) is 6. The molecule has 0 radical (unpaired) electrons. The molecule has 0 unspecified atom stereocenters. The topological polar surface area (TPSA) is 123 Å². The Balaban J connectivity index is 1.69. The Labute approximate surface area is 139 Å². The standard InChI is InChI=1S/C13H15N5O3S2/c1-6(10(20)15-11-8(9(14)19)4-5-22-11)23-13-17-16-12(21)18(13)7-2-3-7/h4-7H,2-3H2,1H3,(H2,14,19)(H,15,20)(H,16,21)/t6-/m0/s1. The van der Waals surface area contributed by atoms with Crippen molar-refractivity contribution < 1.29 is 9.59 Å². The van der Waals surface area contributed by atoms with E-state index in [9.17, 15) is 14.4 Å². The Hall–Kier alpha value is -2.07. The number of hydrogen-bond donors (Lipinski definition) is 3. The van der Waals surface area contributed by atoms with Gasteiger partial charge in [-0.25, -0.2) is 9.89 Å². The third-order valence-electron chi connectivity index (χ3n) is 3.40. The maximum Gasteiger partial charge on any atom is 0.344 e. The maximum atomic E-state index is 12.3. The zero-order chi connectivity index (χ0) is 16.6. The Morgan fingerprint density at radius 1 is 1.57 bits per heavy atom. The predicted octanol–water partition coefficient (Wildman–Crippen LogP) is 1.19. The van der Waals surface area contributed by atoms with Gasteiger partial charge >= 0.3 is 5.69 Å². The number of anilines is 1. The number of thiophene rings is 1. The normalized spacial score (nSPS) is 15.3. The van der Waals surface area contributed by atoms with Crippen molar-refractivity contribution in [2.24, 2.45) is 5.73 Å². The smallest absolute Gasteiger partial charge is 0.344 e. The highest BCUT2D eigenvalue weighted by atomic mass is 32.2. The molecule has 4 N–H and O–H groups in total. The lowest BCUT2D eigenvalue weighted by molar-refractivity contribution is -0.115. The molecule has 122 valence electrons. The van der Waals surface area contributed by atoms with E-state index in [1.54, 1.807) is 22.9 Å². The third-order valence-corrected chi connectivity index (χ3v) is 5.30. The first-order valence-corrected chi connectivity index (χ1v) is 8.75. The first-order chi connectivity index (χ1) is 11.0. The van der Waals surface area contributed by atoms with Crippen molar-refractivity contribution in [2.75, 3.05) is 5.32 Å². The largest absolute Gasteiger partial charge is 0.366 e. The van der Waals surface area contributed by atoms with Crippen molar-refractivity contribution in [1.82, 2.24) is 14.8 Å². The molecule has 0 saturated heterocycles. The van der Waals surface area contributed by atoms with Gasteiger partial charge in [0, 0.05) is 6.04 Å². The zero-order valence-corrected chi connectivity index (χ0v) is 13.9. The molecule has 1 aliphatic rings. The molecule has 1 aliphatic carbocycles. The van der Waals surface area contributed by atoms with Crippen LogP contribution in [0.2, 0.25) is 0 Å². The molecule has 1 fully saturated rings. The van der Waals surface area contributed by atoms with Gasteiger partial charge in [-0.05, 0) is 31.2 Å². The SMILES string of the molecule is C[C@H](Sc1n[nH]c(=O)n1C1CC1)C(=O)Nc1sccc1C(N)=O. The molecule has 2 aromatic heterocycles. The van der Waals surface area contributed by atoms with Gasteiger partial charge in [0.05, 0.1) is 10.8 Å². The highest BCUT2D eigenvalue weighted by Crippen LogP contribution is 2.37. The minimum atomic E-state index is -0.586. The van der Waals surface area contributed by atoms with Crippen LogP contribution in [0.25, 0.3) is 0 Å². The molecule has 8 nitrogen and oxygen atoms in total. The van der Waals surface area contributed by atoms with E-state index in [-0.39, 0.29) is 23.2 Å². The molecule has 0 bridgehead atoms. The van der Waals surface area contributed by atoms with E-state index >= 15 is 0 Å². The number of carbonyl (C=O) groups excluding carboxylic acids is 2. The molecule has 2 aromatic rings. The van der Waals surface area contributed by atoms with E-state index in [1.807, 2.05) is 0 Å². The lowest BCUT2D eigenvalue weighted by atomic mass is 10.3. The van der Waals surface area contributed by atoms with Gasteiger partial charge in [-0.1, -0.05) is 11.8 Å². The highest BCUT2D eigenvalue weighted by Gasteiger charge is 2.30. The van der Waals surface area contributed by atoms with Gasteiger partial charge in [-0.2, -0.15) is 0 Å². The third kappa shape index (κ3) is 3.32. The van der Waals surface area contributed by atoms with Crippen LogP contribution in [0.5, 0.6) is 0 Å². The van der Waals surface area contributed by atoms with Crippen LogP contribution < -0.4 is 16.7 Å². The monoisotopic (exact) mass is 353 g/mol. The summed E-state index contributed by atoms with van der Waals surface area (Å²) in [6.45, 7) is 1.72. The van der Waals surface area contributed by atoms with Crippen molar-refractivity contribution in [3.8, 4) is 0 Å². The molecule has 2 heterocycles. The van der Waals surface area contributed by atoms with E-state index in [0.717, 1.165) is 12.8 Å². The number of primary amides is 1. The van der Waals surface area contributed by atoms with Crippen LogP contribution in [0.4, 0.5) is 5.00 Å². The van der Waals surface area contributed by atoms with Gasteiger partial charge in [0.1, 0.15) is 5.00 Å². The molecule has 10 heteroatoms. The fraction of sp³-hybridized carbons (Fsp3) is 0.385. The van der Waals surface area contributed by atoms with Crippen LogP contribution >= 0.6 is 23.1 Å². The van der Waals surface area contributed by atoms with Crippen LogP contribution in [0.1, 0.15) is 36.2 Å². The number of amides is 2. The van der Waals surface area contributed by atoms with Gasteiger partial charge < -0.3 is 11.1 Å². The summed E-state index contributed by atoms with van der Waals surface area (Å²) in [7, 11) is 0.